The zero-order chi connectivity index (χ0) is 11.9. The van der Waals surface area contributed by atoms with Crippen LogP contribution in [0, 0.1) is 0 Å². The Morgan fingerprint density at radius 1 is 1.25 bits per heavy atom. The van der Waals surface area contributed by atoms with Gasteiger partial charge < -0.3 is 4.74 Å². The Kier molecular flexibility index (Phi) is 5.83. The lowest BCUT2D eigenvalue weighted by atomic mass is 9.94. The summed E-state index contributed by atoms with van der Waals surface area (Å²) >= 11 is 0. The number of unbranched alkanes of at least 4 members (excludes halogenated alkanes) is 4. The molecule has 0 amide bonds. The van der Waals surface area contributed by atoms with Crippen molar-refractivity contribution in [3.63, 3.8) is 0 Å². The third-order valence-electron chi connectivity index (χ3n) is 3.21. The molecule has 1 unspecified atom stereocenters. The van der Waals surface area contributed by atoms with Crippen molar-refractivity contribution in [2.24, 2.45) is 0 Å². The highest BCUT2D eigenvalue weighted by Crippen LogP contribution is 2.24. The van der Waals surface area contributed by atoms with Crippen molar-refractivity contribution in [3.8, 4) is 0 Å². The van der Waals surface area contributed by atoms with Crippen LogP contribution >= 0.6 is 0 Å². The second kappa shape index (κ2) is 6.90. The Hall–Kier alpha value is -0.560. The van der Waals surface area contributed by atoms with Crippen LogP contribution < -0.4 is 0 Å². The van der Waals surface area contributed by atoms with Gasteiger partial charge in [-0.25, -0.2) is 0 Å². The van der Waals surface area contributed by atoms with Gasteiger partial charge in [0.2, 0.25) is 0 Å². The van der Waals surface area contributed by atoms with Crippen LogP contribution in [-0.2, 0) is 4.74 Å². The van der Waals surface area contributed by atoms with Gasteiger partial charge in [-0.05, 0) is 26.7 Å². The van der Waals surface area contributed by atoms with Crippen molar-refractivity contribution in [2.45, 2.75) is 64.9 Å². The summed E-state index contributed by atoms with van der Waals surface area (Å²) in [6, 6.07) is 0. The molecule has 1 rings (SSSR count). The van der Waals surface area contributed by atoms with Crippen LogP contribution in [0.25, 0.3) is 0 Å². The van der Waals surface area contributed by atoms with Gasteiger partial charge in [-0.2, -0.15) is 0 Å². The summed E-state index contributed by atoms with van der Waals surface area (Å²) in [5.74, 6) is 0. The van der Waals surface area contributed by atoms with Gasteiger partial charge in [-0.15, -0.1) is 0 Å². The van der Waals surface area contributed by atoms with E-state index in [0.29, 0.717) is 0 Å². The lowest BCUT2D eigenvalue weighted by Gasteiger charge is -2.28. The van der Waals surface area contributed by atoms with E-state index in [-0.39, 0.29) is 5.60 Å². The topological polar surface area (TPSA) is 9.23 Å². The summed E-state index contributed by atoms with van der Waals surface area (Å²) in [5.41, 5.74) is 1.30. The normalized spacial score (nSPS) is 24.6. The lowest BCUT2D eigenvalue weighted by Crippen LogP contribution is -2.27. The Balaban J connectivity index is 2.11. The maximum Gasteiger partial charge on any atom is 0.0872 e. The van der Waals surface area contributed by atoms with E-state index in [4.69, 9.17) is 4.74 Å². The molecule has 0 saturated carbocycles. The zero-order valence-electron chi connectivity index (χ0n) is 11.1. The van der Waals surface area contributed by atoms with Crippen LogP contribution in [0.4, 0.5) is 0 Å². The van der Waals surface area contributed by atoms with Crippen LogP contribution in [0.3, 0.4) is 0 Å². The third kappa shape index (κ3) is 4.98. The SMILES string of the molecule is CCCCCCCOC1(C)C=CC(C)=CC1. The van der Waals surface area contributed by atoms with Crippen LogP contribution in [0.2, 0.25) is 0 Å². The van der Waals surface area contributed by atoms with Gasteiger partial charge in [-0.3, -0.25) is 0 Å². The molecule has 0 saturated heterocycles. The van der Waals surface area contributed by atoms with Crippen molar-refractivity contribution in [3.05, 3.63) is 23.8 Å². The molecule has 1 nitrogen and oxygen atoms in total. The second-order valence-electron chi connectivity index (χ2n) is 5.06. The molecule has 1 atom stereocenters. The average Bonchev–Trinajstić information content (AvgIpc) is 2.28. The highest BCUT2D eigenvalue weighted by atomic mass is 16.5. The van der Waals surface area contributed by atoms with Crippen molar-refractivity contribution >= 4 is 0 Å². The van der Waals surface area contributed by atoms with Gasteiger partial charge in [0.15, 0.2) is 0 Å². The monoisotopic (exact) mass is 222 g/mol. The van der Waals surface area contributed by atoms with E-state index in [1.54, 1.807) is 0 Å². The Morgan fingerprint density at radius 2 is 2.00 bits per heavy atom. The highest BCUT2D eigenvalue weighted by Gasteiger charge is 2.21. The summed E-state index contributed by atoms with van der Waals surface area (Å²) in [5, 5.41) is 0. The first-order valence-corrected chi connectivity index (χ1v) is 6.66. The van der Waals surface area contributed by atoms with Crippen molar-refractivity contribution in [2.75, 3.05) is 6.61 Å². The molecule has 0 bridgehead atoms. The number of ether oxygens (including phenoxy) is 1. The van der Waals surface area contributed by atoms with E-state index in [9.17, 15) is 0 Å². The molecule has 0 fully saturated rings. The molecule has 16 heavy (non-hydrogen) atoms. The third-order valence-corrected chi connectivity index (χ3v) is 3.21. The van der Waals surface area contributed by atoms with E-state index < -0.39 is 0 Å². The zero-order valence-corrected chi connectivity index (χ0v) is 11.1. The standard InChI is InChI=1S/C15H26O/c1-4-5-6-7-8-13-16-15(3)11-9-14(2)10-12-15/h9-11H,4-8,12-13H2,1-3H3. The van der Waals surface area contributed by atoms with E-state index in [2.05, 4.69) is 39.0 Å². The van der Waals surface area contributed by atoms with Crippen molar-refractivity contribution in [1.82, 2.24) is 0 Å². The van der Waals surface area contributed by atoms with Crippen LogP contribution in [-0.4, -0.2) is 12.2 Å². The Morgan fingerprint density at radius 3 is 2.62 bits per heavy atom. The molecule has 0 radical (unpaired) electrons. The second-order valence-corrected chi connectivity index (χ2v) is 5.06. The summed E-state index contributed by atoms with van der Waals surface area (Å²) in [6.45, 7) is 7.47. The first-order chi connectivity index (χ1) is 7.66. The molecule has 0 aliphatic heterocycles. The Labute approximate surface area is 101 Å². The van der Waals surface area contributed by atoms with Crippen molar-refractivity contribution < 1.29 is 4.74 Å². The molecular formula is C15H26O. The maximum absolute atomic E-state index is 5.97. The minimum atomic E-state index is -0.0513. The van der Waals surface area contributed by atoms with E-state index >= 15 is 0 Å². The number of hydrogen-bond donors (Lipinski definition) is 0. The smallest absolute Gasteiger partial charge is 0.0872 e. The predicted molar refractivity (Wildman–Crippen MR) is 70.6 cm³/mol. The molecule has 0 spiro atoms. The summed E-state index contributed by atoms with van der Waals surface area (Å²) in [4.78, 5) is 0. The van der Waals surface area contributed by atoms with Crippen LogP contribution in [0.5, 0.6) is 0 Å². The largest absolute Gasteiger partial charge is 0.371 e. The summed E-state index contributed by atoms with van der Waals surface area (Å²) in [6.07, 6.45) is 14.2. The van der Waals surface area contributed by atoms with Crippen molar-refractivity contribution in [1.29, 1.82) is 0 Å². The molecule has 0 N–H and O–H groups in total. The first-order valence-electron chi connectivity index (χ1n) is 6.66. The molecule has 0 aromatic carbocycles. The molecule has 0 heterocycles. The molecule has 1 aliphatic carbocycles. The van der Waals surface area contributed by atoms with Gasteiger partial charge in [-0.1, -0.05) is 56.4 Å². The van der Waals surface area contributed by atoms with E-state index in [0.717, 1.165) is 13.0 Å². The van der Waals surface area contributed by atoms with Crippen LogP contribution in [0.15, 0.2) is 23.8 Å². The van der Waals surface area contributed by atoms with Gasteiger partial charge >= 0.3 is 0 Å². The minimum absolute atomic E-state index is 0.0513. The minimum Gasteiger partial charge on any atom is -0.371 e. The van der Waals surface area contributed by atoms with E-state index in [1.807, 2.05) is 0 Å². The molecular weight excluding hydrogens is 196 g/mol. The first kappa shape index (κ1) is 13.5. The fraction of sp³-hybridized carbons (Fsp3) is 0.733. The predicted octanol–water partition coefficient (Wildman–Crippen LogP) is 4.64. The summed E-state index contributed by atoms with van der Waals surface area (Å²) in [7, 11) is 0. The molecule has 0 aromatic rings. The number of hydrogen-bond acceptors (Lipinski definition) is 1. The molecule has 0 aromatic heterocycles. The van der Waals surface area contributed by atoms with Gasteiger partial charge in [0.1, 0.15) is 0 Å². The summed E-state index contributed by atoms with van der Waals surface area (Å²) < 4.78 is 5.97. The number of rotatable bonds is 7. The molecule has 1 aliphatic rings. The number of allylic oxidation sites excluding steroid dienone is 2. The fourth-order valence-electron chi connectivity index (χ4n) is 1.93. The fourth-order valence-corrected chi connectivity index (χ4v) is 1.93. The van der Waals surface area contributed by atoms with Gasteiger partial charge in [0.05, 0.1) is 5.60 Å². The highest BCUT2D eigenvalue weighted by molar-refractivity contribution is 5.25. The lowest BCUT2D eigenvalue weighted by molar-refractivity contribution is 0.00466. The molecule has 92 valence electrons. The Bertz CT molecular complexity index is 252. The van der Waals surface area contributed by atoms with Gasteiger partial charge in [0.25, 0.3) is 0 Å². The molecule has 1 heteroatoms. The quantitative estimate of drug-likeness (QED) is 0.570. The van der Waals surface area contributed by atoms with E-state index in [1.165, 1.54) is 37.7 Å². The van der Waals surface area contributed by atoms with Crippen LogP contribution in [0.1, 0.15) is 59.3 Å². The average molecular weight is 222 g/mol. The maximum atomic E-state index is 5.97. The van der Waals surface area contributed by atoms with Gasteiger partial charge in [0, 0.05) is 6.61 Å².